The van der Waals surface area contributed by atoms with Crippen molar-refractivity contribution in [3.8, 4) is 0 Å². The van der Waals surface area contributed by atoms with Crippen LogP contribution in [0, 0.1) is 0 Å². The second kappa shape index (κ2) is 41.5. The predicted molar refractivity (Wildman–Crippen MR) is 247 cm³/mol. The second-order valence-corrected chi connectivity index (χ2v) is 16.7. The molecule has 0 bridgehead atoms. The van der Waals surface area contributed by atoms with E-state index in [1.807, 2.05) is 21.1 Å². The van der Waals surface area contributed by atoms with E-state index in [-0.39, 0.29) is 36.2 Å². The number of aliphatic carboxylic acids is 1. The number of ether oxygens (including phenoxy) is 3. The van der Waals surface area contributed by atoms with Crippen LogP contribution in [0.2, 0.25) is 0 Å². The van der Waals surface area contributed by atoms with Crippen LogP contribution in [0.4, 0.5) is 0 Å². The van der Waals surface area contributed by atoms with Crippen molar-refractivity contribution in [3.05, 3.63) is 72.9 Å². The highest BCUT2D eigenvalue weighted by atomic mass is 16.6. The van der Waals surface area contributed by atoms with Crippen molar-refractivity contribution in [2.75, 3.05) is 41.0 Å². The lowest BCUT2D eigenvalue weighted by Gasteiger charge is -2.31. The smallest absolute Gasteiger partial charge is 0.362 e. The van der Waals surface area contributed by atoms with Crippen molar-refractivity contribution in [2.45, 2.75) is 193 Å². The lowest BCUT2D eigenvalue weighted by molar-refractivity contribution is -0.887. The number of allylic oxidation sites excluding steroid dienone is 12. The highest BCUT2D eigenvalue weighted by Crippen LogP contribution is 2.14. The van der Waals surface area contributed by atoms with E-state index >= 15 is 0 Å². The van der Waals surface area contributed by atoms with Crippen molar-refractivity contribution < 1.29 is 38.2 Å². The number of carbonyl (C=O) groups is 3. The van der Waals surface area contributed by atoms with E-state index in [0.29, 0.717) is 19.3 Å². The van der Waals surface area contributed by atoms with Crippen molar-refractivity contribution in [1.82, 2.24) is 0 Å². The van der Waals surface area contributed by atoms with Gasteiger partial charge in [0.2, 0.25) is 0 Å². The predicted octanol–water partition coefficient (Wildman–Crippen LogP) is 13.1. The van der Waals surface area contributed by atoms with Crippen LogP contribution in [0.3, 0.4) is 0 Å². The summed E-state index contributed by atoms with van der Waals surface area (Å²) in [6.45, 7) is 4.56. The van der Waals surface area contributed by atoms with E-state index in [1.165, 1.54) is 57.8 Å². The fourth-order valence-corrected chi connectivity index (χ4v) is 6.48. The van der Waals surface area contributed by atoms with Crippen LogP contribution < -0.4 is 0 Å². The molecule has 0 saturated heterocycles. The molecule has 0 aliphatic heterocycles. The first-order valence-corrected chi connectivity index (χ1v) is 23.5. The van der Waals surface area contributed by atoms with Crippen molar-refractivity contribution in [3.63, 3.8) is 0 Å². The third kappa shape index (κ3) is 40.0. The Bertz CT molecular complexity index is 1190. The first-order chi connectivity index (χ1) is 28.6. The van der Waals surface area contributed by atoms with Crippen LogP contribution >= 0.6 is 0 Å². The SMILES string of the molecule is CC/C=C/C/C=C/C/C=C/C/C=C/CCCCCCCCCC(=O)OCC(COCCC(C(=O)O)[N+](C)(C)C)OC(=O)CCCCCCCC/C=C/C=C/CCCCC. The molecule has 2 atom stereocenters. The summed E-state index contributed by atoms with van der Waals surface area (Å²) >= 11 is 0. The molecule has 0 spiro atoms. The van der Waals surface area contributed by atoms with Gasteiger partial charge in [0.15, 0.2) is 12.1 Å². The van der Waals surface area contributed by atoms with Gasteiger partial charge in [-0.15, -0.1) is 0 Å². The average molecular weight is 827 g/mol. The van der Waals surface area contributed by atoms with Gasteiger partial charge in [-0.1, -0.05) is 157 Å². The molecule has 0 amide bonds. The summed E-state index contributed by atoms with van der Waals surface area (Å²) in [5, 5.41) is 9.63. The standard InChI is InChI=1S/C51H87NO7/c1-6-8-10-12-14-16-18-20-22-23-24-25-26-28-29-31-33-35-37-39-41-49(53)58-46-47(45-57-44-43-48(51(55)56)52(3,4)5)59-50(54)42-40-38-36-34-32-30-27-21-19-17-15-13-11-9-7-2/h8,10,14-17,19-22,24-25,47-48H,6-7,9,11-13,18,23,26-46H2,1-5H3/p+1/b10-8+,16-14+,17-15+,21-19+,22-20+,25-24+. The molecule has 1 N–H and O–H groups in total. The Hall–Kier alpha value is -3.23. The largest absolute Gasteiger partial charge is 0.477 e. The Kier molecular flexibility index (Phi) is 39.2. The molecule has 0 aliphatic rings. The summed E-state index contributed by atoms with van der Waals surface area (Å²) in [5.74, 6) is -1.50. The summed E-state index contributed by atoms with van der Waals surface area (Å²) in [7, 11) is 5.52. The molecule has 0 aromatic carbocycles. The molecular formula is C51H88NO7+. The molecule has 0 heterocycles. The van der Waals surface area contributed by atoms with Crippen LogP contribution in [0.25, 0.3) is 0 Å². The van der Waals surface area contributed by atoms with E-state index in [4.69, 9.17) is 14.2 Å². The van der Waals surface area contributed by atoms with Crippen LogP contribution in [-0.2, 0) is 28.6 Å². The highest BCUT2D eigenvalue weighted by Gasteiger charge is 2.31. The van der Waals surface area contributed by atoms with Gasteiger partial charge in [0.1, 0.15) is 6.61 Å². The normalized spacial score (nSPS) is 13.6. The lowest BCUT2D eigenvalue weighted by atomic mass is 10.1. The fourth-order valence-electron chi connectivity index (χ4n) is 6.48. The fraction of sp³-hybridized carbons (Fsp3) is 0.706. The highest BCUT2D eigenvalue weighted by molar-refractivity contribution is 5.72. The maximum absolute atomic E-state index is 12.7. The minimum atomic E-state index is -0.881. The molecule has 8 nitrogen and oxygen atoms in total. The summed E-state index contributed by atoms with van der Waals surface area (Å²) in [6.07, 6.45) is 52.2. The summed E-state index contributed by atoms with van der Waals surface area (Å²) in [5.41, 5.74) is 0. The van der Waals surface area contributed by atoms with Crippen LogP contribution in [0.1, 0.15) is 181 Å². The molecule has 8 heteroatoms. The molecule has 0 aliphatic carbocycles. The number of hydrogen-bond donors (Lipinski definition) is 1. The second-order valence-electron chi connectivity index (χ2n) is 16.7. The van der Waals surface area contributed by atoms with E-state index in [2.05, 4.69) is 86.8 Å². The van der Waals surface area contributed by atoms with Gasteiger partial charge in [-0.05, 0) is 77.0 Å². The molecule has 0 rings (SSSR count). The third-order valence-corrected chi connectivity index (χ3v) is 10.1. The van der Waals surface area contributed by atoms with Gasteiger partial charge in [-0.2, -0.15) is 0 Å². The van der Waals surface area contributed by atoms with Crippen molar-refractivity contribution >= 4 is 17.9 Å². The summed E-state index contributed by atoms with van der Waals surface area (Å²) < 4.78 is 17.3. The molecule has 0 fully saturated rings. The van der Waals surface area contributed by atoms with Crippen LogP contribution in [0.15, 0.2) is 72.9 Å². The molecule has 59 heavy (non-hydrogen) atoms. The molecule has 0 saturated carbocycles. The van der Waals surface area contributed by atoms with Crippen LogP contribution in [0.5, 0.6) is 0 Å². The van der Waals surface area contributed by atoms with Gasteiger partial charge in [0.25, 0.3) is 0 Å². The minimum Gasteiger partial charge on any atom is -0.477 e. The zero-order valence-corrected chi connectivity index (χ0v) is 38.4. The topological polar surface area (TPSA) is 99.1 Å². The number of rotatable bonds is 41. The van der Waals surface area contributed by atoms with E-state index in [1.54, 1.807) is 0 Å². The van der Waals surface area contributed by atoms with E-state index in [9.17, 15) is 19.5 Å². The average Bonchev–Trinajstić information content (AvgIpc) is 3.19. The maximum Gasteiger partial charge on any atom is 0.362 e. The molecule has 2 unspecified atom stereocenters. The number of esters is 2. The zero-order chi connectivity index (χ0) is 43.5. The summed E-state index contributed by atoms with van der Waals surface area (Å²) in [6, 6.07) is -0.622. The Morgan fingerprint density at radius 1 is 0.542 bits per heavy atom. The number of carbonyl (C=O) groups excluding carboxylic acids is 2. The quantitative estimate of drug-likeness (QED) is 0.0215. The number of quaternary nitrogens is 1. The number of nitrogens with zero attached hydrogens (tertiary/aromatic N) is 1. The number of hydrogen-bond acceptors (Lipinski definition) is 6. The molecule has 0 aromatic rings. The van der Waals surface area contributed by atoms with Gasteiger partial charge < -0.3 is 23.8 Å². The number of likely N-dealkylation sites (N-methyl/N-ethyl adjacent to an activating group) is 1. The van der Waals surface area contributed by atoms with Crippen molar-refractivity contribution in [2.24, 2.45) is 0 Å². The summed E-state index contributed by atoms with van der Waals surface area (Å²) in [4.78, 5) is 37.1. The Balaban J connectivity index is 4.34. The minimum absolute atomic E-state index is 0.0495. The van der Waals surface area contributed by atoms with Crippen LogP contribution in [-0.4, -0.2) is 80.6 Å². The van der Waals surface area contributed by atoms with Gasteiger partial charge in [-0.3, -0.25) is 9.59 Å². The number of unbranched alkanes of at least 4 members (excludes halogenated alkanes) is 16. The molecule has 0 radical (unpaired) electrons. The molecular weight excluding hydrogens is 739 g/mol. The number of carboxylic acids is 1. The van der Waals surface area contributed by atoms with Gasteiger partial charge in [0, 0.05) is 19.3 Å². The molecule has 0 aromatic heterocycles. The van der Waals surface area contributed by atoms with Gasteiger partial charge in [-0.25, -0.2) is 4.79 Å². The maximum atomic E-state index is 12.7. The lowest BCUT2D eigenvalue weighted by Crippen LogP contribution is -2.50. The Morgan fingerprint density at radius 3 is 1.51 bits per heavy atom. The monoisotopic (exact) mass is 827 g/mol. The van der Waals surface area contributed by atoms with Gasteiger partial charge >= 0.3 is 17.9 Å². The van der Waals surface area contributed by atoms with E-state index in [0.717, 1.165) is 89.9 Å². The first kappa shape index (κ1) is 55.8. The Morgan fingerprint density at radius 2 is 1.00 bits per heavy atom. The van der Waals surface area contributed by atoms with Gasteiger partial charge in [0.05, 0.1) is 34.4 Å². The molecule has 338 valence electrons. The Labute approximate surface area is 361 Å². The van der Waals surface area contributed by atoms with E-state index < -0.39 is 18.1 Å². The first-order valence-electron chi connectivity index (χ1n) is 23.5. The van der Waals surface area contributed by atoms with Crippen molar-refractivity contribution in [1.29, 1.82) is 0 Å². The number of carboxylic acid groups (broad SMARTS) is 1. The third-order valence-electron chi connectivity index (χ3n) is 10.1. The zero-order valence-electron chi connectivity index (χ0n) is 38.4.